The summed E-state index contributed by atoms with van der Waals surface area (Å²) in [5.41, 5.74) is 2.12. The van der Waals surface area contributed by atoms with Crippen molar-refractivity contribution in [3.8, 4) is 0 Å². The van der Waals surface area contributed by atoms with E-state index < -0.39 is 0 Å². The molecule has 0 radical (unpaired) electrons. The van der Waals surface area contributed by atoms with Gasteiger partial charge in [-0.2, -0.15) is 0 Å². The van der Waals surface area contributed by atoms with Gasteiger partial charge < -0.3 is 15.1 Å². The molecule has 1 aromatic heterocycles. The summed E-state index contributed by atoms with van der Waals surface area (Å²) in [5.74, 6) is 0.586. The van der Waals surface area contributed by atoms with Crippen molar-refractivity contribution in [1.82, 2.24) is 15.5 Å². The molecule has 0 spiro atoms. The Bertz CT molecular complexity index is 481. The highest BCUT2D eigenvalue weighted by Gasteiger charge is 2.06. The molecule has 0 aliphatic carbocycles. The molecule has 0 unspecified atom stereocenters. The number of aromatic nitrogens is 2. The van der Waals surface area contributed by atoms with Crippen molar-refractivity contribution >= 4 is 11.7 Å². The standard InChI is InChI=1S/C12H16N4O/c1-3-13-8-11-15-16-12(17-11)14-10-7-5-4-6-9(10)2/h4-7,13H,3,8H2,1-2H3,(H,14,16). The highest BCUT2D eigenvalue weighted by molar-refractivity contribution is 5.56. The van der Waals surface area contributed by atoms with Crippen LogP contribution in [0.2, 0.25) is 0 Å². The fraction of sp³-hybridized carbons (Fsp3) is 0.333. The van der Waals surface area contributed by atoms with Gasteiger partial charge in [0.25, 0.3) is 0 Å². The first-order valence-electron chi connectivity index (χ1n) is 5.65. The first kappa shape index (κ1) is 11.6. The first-order chi connectivity index (χ1) is 8.29. The van der Waals surface area contributed by atoms with Crippen LogP contribution in [0.3, 0.4) is 0 Å². The summed E-state index contributed by atoms with van der Waals surface area (Å²) in [5, 5.41) is 14.1. The molecule has 5 heteroatoms. The molecule has 17 heavy (non-hydrogen) atoms. The average molecular weight is 232 g/mol. The smallest absolute Gasteiger partial charge is 0.320 e. The fourth-order valence-electron chi connectivity index (χ4n) is 1.44. The van der Waals surface area contributed by atoms with Crippen LogP contribution >= 0.6 is 0 Å². The van der Waals surface area contributed by atoms with E-state index in [0.717, 1.165) is 17.8 Å². The number of para-hydroxylation sites is 1. The predicted octanol–water partition coefficient (Wildman–Crippen LogP) is 2.23. The summed E-state index contributed by atoms with van der Waals surface area (Å²) in [6.45, 7) is 5.53. The zero-order chi connectivity index (χ0) is 12.1. The predicted molar refractivity (Wildman–Crippen MR) is 66.1 cm³/mol. The number of nitrogens with zero attached hydrogens (tertiary/aromatic N) is 2. The van der Waals surface area contributed by atoms with E-state index in [1.165, 1.54) is 0 Å². The van der Waals surface area contributed by atoms with Crippen LogP contribution in [-0.2, 0) is 6.54 Å². The van der Waals surface area contributed by atoms with E-state index in [1.54, 1.807) is 0 Å². The molecule has 2 rings (SSSR count). The maximum atomic E-state index is 5.45. The normalized spacial score (nSPS) is 10.5. The highest BCUT2D eigenvalue weighted by Crippen LogP contribution is 2.18. The molecule has 0 atom stereocenters. The summed E-state index contributed by atoms with van der Waals surface area (Å²) in [6.07, 6.45) is 0. The van der Waals surface area contributed by atoms with Crippen LogP contribution in [0.25, 0.3) is 0 Å². The van der Waals surface area contributed by atoms with Gasteiger partial charge in [0, 0.05) is 5.69 Å². The van der Waals surface area contributed by atoms with Gasteiger partial charge in [0.05, 0.1) is 6.54 Å². The highest BCUT2D eigenvalue weighted by atomic mass is 16.4. The molecule has 2 aromatic rings. The number of anilines is 2. The molecule has 0 aliphatic rings. The minimum atomic E-state index is 0.423. The monoisotopic (exact) mass is 232 g/mol. The van der Waals surface area contributed by atoms with Crippen molar-refractivity contribution < 1.29 is 4.42 Å². The second-order valence-electron chi connectivity index (χ2n) is 3.72. The summed E-state index contributed by atoms with van der Waals surface area (Å²) in [4.78, 5) is 0. The lowest BCUT2D eigenvalue weighted by Crippen LogP contribution is -2.11. The van der Waals surface area contributed by atoms with Gasteiger partial charge in [-0.05, 0) is 25.1 Å². The Morgan fingerprint density at radius 3 is 2.82 bits per heavy atom. The molecule has 0 amide bonds. The third-order valence-electron chi connectivity index (χ3n) is 2.38. The van der Waals surface area contributed by atoms with Crippen molar-refractivity contribution in [2.75, 3.05) is 11.9 Å². The molecule has 0 saturated carbocycles. The van der Waals surface area contributed by atoms with E-state index in [1.807, 2.05) is 38.1 Å². The fourth-order valence-corrected chi connectivity index (χ4v) is 1.44. The summed E-state index contributed by atoms with van der Waals surface area (Å²) >= 11 is 0. The second-order valence-corrected chi connectivity index (χ2v) is 3.72. The van der Waals surface area contributed by atoms with Crippen LogP contribution in [0.1, 0.15) is 18.4 Å². The minimum Gasteiger partial charge on any atom is -0.406 e. The van der Waals surface area contributed by atoms with Crippen molar-refractivity contribution in [2.45, 2.75) is 20.4 Å². The third kappa shape index (κ3) is 3.04. The van der Waals surface area contributed by atoms with Crippen molar-refractivity contribution in [3.05, 3.63) is 35.7 Å². The minimum absolute atomic E-state index is 0.423. The van der Waals surface area contributed by atoms with E-state index in [-0.39, 0.29) is 0 Å². The summed E-state index contributed by atoms with van der Waals surface area (Å²) in [7, 11) is 0. The van der Waals surface area contributed by atoms with Crippen LogP contribution in [0.4, 0.5) is 11.7 Å². The molecule has 5 nitrogen and oxygen atoms in total. The van der Waals surface area contributed by atoms with Crippen molar-refractivity contribution in [2.24, 2.45) is 0 Å². The van der Waals surface area contributed by atoms with Crippen LogP contribution in [0, 0.1) is 6.92 Å². The Morgan fingerprint density at radius 1 is 1.24 bits per heavy atom. The topological polar surface area (TPSA) is 63.0 Å². The zero-order valence-electron chi connectivity index (χ0n) is 10.0. The molecular weight excluding hydrogens is 216 g/mol. The van der Waals surface area contributed by atoms with Gasteiger partial charge in [-0.15, -0.1) is 5.10 Å². The van der Waals surface area contributed by atoms with Gasteiger partial charge in [-0.1, -0.05) is 30.2 Å². The Labute approximate surface area is 100 Å². The SMILES string of the molecule is CCNCc1nnc(Nc2ccccc2C)o1. The first-order valence-corrected chi connectivity index (χ1v) is 5.65. The number of nitrogens with one attached hydrogen (secondary N) is 2. The lowest BCUT2D eigenvalue weighted by Gasteiger charge is -2.03. The van der Waals surface area contributed by atoms with Crippen molar-refractivity contribution in [3.63, 3.8) is 0 Å². The van der Waals surface area contributed by atoms with E-state index in [0.29, 0.717) is 18.5 Å². The quantitative estimate of drug-likeness (QED) is 0.827. The van der Waals surface area contributed by atoms with Gasteiger partial charge in [0.1, 0.15) is 0 Å². The Kier molecular flexibility index (Phi) is 3.72. The molecule has 0 aliphatic heterocycles. The van der Waals surface area contributed by atoms with Crippen LogP contribution < -0.4 is 10.6 Å². The van der Waals surface area contributed by atoms with Crippen LogP contribution in [-0.4, -0.2) is 16.7 Å². The average Bonchev–Trinajstić information content (AvgIpc) is 2.77. The van der Waals surface area contributed by atoms with Gasteiger partial charge in [0.2, 0.25) is 5.89 Å². The molecule has 0 saturated heterocycles. The van der Waals surface area contributed by atoms with E-state index in [2.05, 4.69) is 20.8 Å². The third-order valence-corrected chi connectivity index (χ3v) is 2.38. The number of benzene rings is 1. The Hall–Kier alpha value is -1.88. The number of hydrogen-bond acceptors (Lipinski definition) is 5. The summed E-state index contributed by atoms with van der Waals surface area (Å²) < 4.78 is 5.45. The molecular formula is C12H16N4O. The molecule has 1 heterocycles. The maximum Gasteiger partial charge on any atom is 0.320 e. The Morgan fingerprint density at radius 2 is 2.06 bits per heavy atom. The van der Waals surface area contributed by atoms with Gasteiger partial charge >= 0.3 is 6.01 Å². The van der Waals surface area contributed by atoms with Crippen LogP contribution in [0.5, 0.6) is 0 Å². The van der Waals surface area contributed by atoms with Gasteiger partial charge in [0.15, 0.2) is 0 Å². The number of hydrogen-bond donors (Lipinski definition) is 2. The summed E-state index contributed by atoms with van der Waals surface area (Å²) in [6, 6.07) is 8.38. The largest absolute Gasteiger partial charge is 0.406 e. The molecule has 2 N–H and O–H groups in total. The van der Waals surface area contributed by atoms with Gasteiger partial charge in [-0.3, -0.25) is 0 Å². The lowest BCUT2D eigenvalue weighted by molar-refractivity contribution is 0.484. The molecule has 0 bridgehead atoms. The van der Waals surface area contributed by atoms with E-state index in [9.17, 15) is 0 Å². The van der Waals surface area contributed by atoms with Crippen LogP contribution in [0.15, 0.2) is 28.7 Å². The van der Waals surface area contributed by atoms with Crippen molar-refractivity contribution in [1.29, 1.82) is 0 Å². The van der Waals surface area contributed by atoms with E-state index >= 15 is 0 Å². The Balaban J connectivity index is 2.04. The lowest BCUT2D eigenvalue weighted by atomic mass is 10.2. The zero-order valence-corrected chi connectivity index (χ0v) is 10.0. The number of rotatable bonds is 5. The maximum absolute atomic E-state index is 5.45. The van der Waals surface area contributed by atoms with E-state index in [4.69, 9.17) is 4.42 Å². The molecule has 1 aromatic carbocycles. The van der Waals surface area contributed by atoms with Gasteiger partial charge in [-0.25, -0.2) is 0 Å². The number of aryl methyl sites for hydroxylation is 1. The molecule has 0 fully saturated rings. The second kappa shape index (κ2) is 5.45. The molecule has 90 valence electrons.